The Morgan fingerprint density at radius 1 is 1.14 bits per heavy atom. The lowest BCUT2D eigenvalue weighted by Gasteiger charge is -2.08. The zero-order chi connectivity index (χ0) is 15.6. The molecule has 1 aromatic heterocycles. The number of ether oxygens (including phenoxy) is 1. The molecule has 0 saturated carbocycles. The molecule has 0 spiro atoms. The first kappa shape index (κ1) is 15.2. The average Bonchev–Trinajstić information content (AvgIpc) is 2.83. The fourth-order valence-corrected chi connectivity index (χ4v) is 2.17. The Morgan fingerprint density at radius 2 is 1.81 bits per heavy atom. The molecule has 0 radical (unpaired) electrons. The average molecular weight is 323 g/mol. The number of hydrogen-bond donors (Lipinski definition) is 1. The molecule has 0 unspecified atom stereocenters. The van der Waals surface area contributed by atoms with E-state index in [0.29, 0.717) is 6.07 Å². The molecule has 0 aliphatic heterocycles. The molecule has 0 aliphatic carbocycles. The molecule has 2 aromatic rings. The molecule has 9 heteroatoms. The summed E-state index contributed by atoms with van der Waals surface area (Å²) in [7, 11) is 0. The second-order valence-electron chi connectivity index (χ2n) is 3.69. The quantitative estimate of drug-likeness (QED) is 0.682. The lowest BCUT2D eigenvalue weighted by Crippen LogP contribution is -2.14. The number of halogens is 5. The maximum Gasteiger partial charge on any atom is 0.387 e. The summed E-state index contributed by atoms with van der Waals surface area (Å²) < 4.78 is 67.5. The number of nitrogens with one attached hydrogen (secondary N) is 1. The van der Waals surface area contributed by atoms with Crippen LogP contribution in [-0.4, -0.2) is 12.5 Å². The highest BCUT2D eigenvalue weighted by Crippen LogP contribution is 2.28. The lowest BCUT2D eigenvalue weighted by atomic mass is 10.2. The van der Waals surface area contributed by atoms with Gasteiger partial charge in [-0.25, -0.2) is 13.2 Å². The number of thiophene rings is 1. The summed E-state index contributed by atoms with van der Waals surface area (Å²) in [4.78, 5) is 11.6. The number of amides is 1. The molecule has 0 atom stereocenters. The fourth-order valence-electron chi connectivity index (χ4n) is 1.45. The molecule has 0 aliphatic rings. The van der Waals surface area contributed by atoms with Gasteiger partial charge in [0.05, 0.1) is 5.69 Å². The molecule has 2 rings (SSSR count). The smallest absolute Gasteiger partial charge is 0.387 e. The van der Waals surface area contributed by atoms with E-state index in [0.717, 1.165) is 17.4 Å². The van der Waals surface area contributed by atoms with Crippen molar-refractivity contribution in [1.82, 2.24) is 0 Å². The van der Waals surface area contributed by atoms with Gasteiger partial charge in [0.2, 0.25) is 0 Å². The molecular weight excluding hydrogens is 317 g/mol. The van der Waals surface area contributed by atoms with E-state index < -0.39 is 41.4 Å². The van der Waals surface area contributed by atoms with E-state index in [4.69, 9.17) is 0 Å². The number of rotatable bonds is 4. The number of carbonyl (C=O) groups excluding carboxylic acids is 1. The van der Waals surface area contributed by atoms with Gasteiger partial charge in [-0.2, -0.15) is 8.78 Å². The van der Waals surface area contributed by atoms with Crippen LogP contribution in [0.25, 0.3) is 0 Å². The molecule has 1 aromatic carbocycles. The summed E-state index contributed by atoms with van der Waals surface area (Å²) >= 11 is 0.771. The zero-order valence-corrected chi connectivity index (χ0v) is 10.8. The van der Waals surface area contributed by atoms with E-state index in [-0.39, 0.29) is 10.9 Å². The molecule has 1 amide bonds. The van der Waals surface area contributed by atoms with Crippen molar-refractivity contribution >= 4 is 22.9 Å². The zero-order valence-electron chi connectivity index (χ0n) is 10.0. The van der Waals surface area contributed by atoms with Gasteiger partial charge in [-0.1, -0.05) is 0 Å². The number of anilines is 1. The first-order valence-electron chi connectivity index (χ1n) is 5.36. The lowest BCUT2D eigenvalue weighted by molar-refractivity contribution is -0.0498. The summed E-state index contributed by atoms with van der Waals surface area (Å²) in [6.07, 6.45) is 0. The van der Waals surface area contributed by atoms with E-state index in [1.165, 1.54) is 5.38 Å². The number of benzene rings is 1. The normalized spacial score (nSPS) is 10.8. The Kier molecular flexibility index (Phi) is 4.41. The maximum atomic E-state index is 13.4. The summed E-state index contributed by atoms with van der Waals surface area (Å²) in [5.74, 6) is -5.35. The Bertz CT molecular complexity index is 674. The van der Waals surface area contributed by atoms with Crippen LogP contribution in [0.3, 0.4) is 0 Å². The molecule has 3 nitrogen and oxygen atoms in total. The van der Waals surface area contributed by atoms with Crippen LogP contribution in [0.4, 0.5) is 27.6 Å². The van der Waals surface area contributed by atoms with Crippen LogP contribution >= 0.6 is 11.3 Å². The minimum absolute atomic E-state index is 0.251. The van der Waals surface area contributed by atoms with Crippen LogP contribution in [-0.2, 0) is 0 Å². The van der Waals surface area contributed by atoms with Crippen LogP contribution in [0, 0.1) is 17.5 Å². The molecule has 1 N–H and O–H groups in total. The van der Waals surface area contributed by atoms with Crippen molar-refractivity contribution in [2.75, 3.05) is 5.32 Å². The SMILES string of the molecule is O=C(Nc1cc(F)c(F)cc1F)c1sccc1OC(F)F. The monoisotopic (exact) mass is 323 g/mol. The second kappa shape index (κ2) is 6.08. The van der Waals surface area contributed by atoms with Gasteiger partial charge in [-0.3, -0.25) is 4.79 Å². The van der Waals surface area contributed by atoms with Crippen LogP contribution < -0.4 is 10.1 Å². The summed E-state index contributed by atoms with van der Waals surface area (Å²) in [5.41, 5.74) is -0.615. The molecule has 0 bridgehead atoms. The van der Waals surface area contributed by atoms with E-state index in [2.05, 4.69) is 4.74 Å². The van der Waals surface area contributed by atoms with Crippen molar-refractivity contribution < 1.29 is 31.5 Å². The highest BCUT2D eigenvalue weighted by Gasteiger charge is 2.19. The Morgan fingerprint density at radius 3 is 2.48 bits per heavy atom. The fraction of sp³-hybridized carbons (Fsp3) is 0.0833. The Labute approximate surface area is 119 Å². The third-order valence-electron chi connectivity index (χ3n) is 2.31. The number of hydrogen-bond acceptors (Lipinski definition) is 3. The van der Waals surface area contributed by atoms with Gasteiger partial charge in [0.1, 0.15) is 16.4 Å². The van der Waals surface area contributed by atoms with E-state index in [1.807, 2.05) is 5.32 Å². The van der Waals surface area contributed by atoms with Crippen LogP contribution in [0.1, 0.15) is 9.67 Å². The van der Waals surface area contributed by atoms with Crippen molar-refractivity contribution in [2.45, 2.75) is 6.61 Å². The van der Waals surface area contributed by atoms with E-state index in [9.17, 15) is 26.7 Å². The molecule has 1 heterocycles. The summed E-state index contributed by atoms with van der Waals surface area (Å²) in [5, 5.41) is 3.27. The molecular formula is C12H6F5NO2S. The van der Waals surface area contributed by atoms with Crippen molar-refractivity contribution in [1.29, 1.82) is 0 Å². The standard InChI is InChI=1S/C12H6F5NO2S/c13-5-3-7(15)8(4-6(5)14)18-11(19)10-9(1-2-21-10)20-12(16)17/h1-4,12H,(H,18,19). The van der Waals surface area contributed by atoms with E-state index >= 15 is 0 Å². The van der Waals surface area contributed by atoms with Crippen LogP contribution in [0.5, 0.6) is 5.75 Å². The molecule has 21 heavy (non-hydrogen) atoms. The van der Waals surface area contributed by atoms with Gasteiger partial charge in [0, 0.05) is 12.1 Å². The topological polar surface area (TPSA) is 38.3 Å². The summed E-state index contributed by atoms with van der Waals surface area (Å²) in [6.45, 7) is -3.13. The molecule has 0 saturated heterocycles. The largest absolute Gasteiger partial charge is 0.433 e. The number of carbonyl (C=O) groups is 1. The van der Waals surface area contributed by atoms with Gasteiger partial charge >= 0.3 is 6.61 Å². The van der Waals surface area contributed by atoms with Gasteiger partial charge in [-0.05, 0) is 11.4 Å². The highest BCUT2D eigenvalue weighted by atomic mass is 32.1. The van der Waals surface area contributed by atoms with Gasteiger partial charge in [0.15, 0.2) is 11.6 Å². The molecule has 0 fully saturated rings. The van der Waals surface area contributed by atoms with Crippen LogP contribution in [0.15, 0.2) is 23.6 Å². The third kappa shape index (κ3) is 3.48. The number of alkyl halides is 2. The first-order valence-corrected chi connectivity index (χ1v) is 6.24. The summed E-state index contributed by atoms with van der Waals surface area (Å²) in [6, 6.07) is 1.84. The van der Waals surface area contributed by atoms with Crippen LogP contribution in [0.2, 0.25) is 0 Å². The first-order chi connectivity index (χ1) is 9.88. The van der Waals surface area contributed by atoms with Crippen molar-refractivity contribution in [3.8, 4) is 5.75 Å². The maximum absolute atomic E-state index is 13.4. The van der Waals surface area contributed by atoms with Crippen molar-refractivity contribution in [2.24, 2.45) is 0 Å². The van der Waals surface area contributed by atoms with Gasteiger partial charge in [0.25, 0.3) is 5.91 Å². The third-order valence-corrected chi connectivity index (χ3v) is 3.20. The Hall–Kier alpha value is -2.16. The minimum atomic E-state index is -3.13. The molecule has 112 valence electrons. The Balaban J connectivity index is 2.23. The van der Waals surface area contributed by atoms with Gasteiger partial charge < -0.3 is 10.1 Å². The van der Waals surface area contributed by atoms with Gasteiger partial charge in [-0.15, -0.1) is 11.3 Å². The predicted octanol–water partition coefficient (Wildman–Crippen LogP) is 4.02. The minimum Gasteiger partial charge on any atom is -0.433 e. The van der Waals surface area contributed by atoms with E-state index in [1.54, 1.807) is 0 Å². The highest BCUT2D eigenvalue weighted by molar-refractivity contribution is 7.12. The second-order valence-corrected chi connectivity index (χ2v) is 4.61. The van der Waals surface area contributed by atoms with Crippen molar-refractivity contribution in [3.63, 3.8) is 0 Å². The predicted molar refractivity (Wildman–Crippen MR) is 65.2 cm³/mol. The van der Waals surface area contributed by atoms with Crippen molar-refractivity contribution in [3.05, 3.63) is 45.9 Å².